The van der Waals surface area contributed by atoms with E-state index in [0.29, 0.717) is 0 Å². The average Bonchev–Trinajstić information content (AvgIpc) is 3.08. The van der Waals surface area contributed by atoms with E-state index in [1.165, 1.54) is 12.1 Å². The van der Waals surface area contributed by atoms with E-state index >= 15 is 0 Å². The van der Waals surface area contributed by atoms with Crippen molar-refractivity contribution in [2.75, 3.05) is 24.3 Å². The van der Waals surface area contributed by atoms with Gasteiger partial charge in [-0.3, -0.25) is 0 Å². The van der Waals surface area contributed by atoms with E-state index < -0.39 is 0 Å². The summed E-state index contributed by atoms with van der Waals surface area (Å²) >= 11 is 1.55. The van der Waals surface area contributed by atoms with Gasteiger partial charge in [0, 0.05) is 36.4 Å². The second-order valence-electron chi connectivity index (χ2n) is 6.12. The van der Waals surface area contributed by atoms with Crippen LogP contribution in [0.4, 0.5) is 21.6 Å². The molecular formula is C20H17FN4S. The molecule has 1 N–H and O–H groups in total. The predicted octanol–water partition coefficient (Wildman–Crippen LogP) is 5.31. The minimum atomic E-state index is -0.246. The van der Waals surface area contributed by atoms with Crippen LogP contribution in [0.1, 0.15) is 0 Å². The Morgan fingerprint density at radius 3 is 2.38 bits per heavy atom. The molecule has 0 saturated carbocycles. The van der Waals surface area contributed by atoms with Gasteiger partial charge in [0.1, 0.15) is 22.8 Å². The molecule has 0 amide bonds. The molecule has 4 aromatic rings. The van der Waals surface area contributed by atoms with Crippen LogP contribution in [0, 0.1) is 5.82 Å². The lowest BCUT2D eigenvalue weighted by Crippen LogP contribution is -2.08. The third kappa shape index (κ3) is 3.11. The van der Waals surface area contributed by atoms with Crippen LogP contribution < -0.4 is 10.2 Å². The lowest BCUT2D eigenvalue weighted by molar-refractivity contribution is 0.628. The van der Waals surface area contributed by atoms with Crippen molar-refractivity contribution in [3.05, 3.63) is 66.1 Å². The number of aromatic nitrogens is 2. The van der Waals surface area contributed by atoms with E-state index in [-0.39, 0.29) is 5.82 Å². The maximum atomic E-state index is 13.3. The molecule has 2 aromatic heterocycles. The van der Waals surface area contributed by atoms with Gasteiger partial charge >= 0.3 is 0 Å². The third-order valence-electron chi connectivity index (χ3n) is 4.17. The van der Waals surface area contributed by atoms with Gasteiger partial charge in [-0.2, -0.15) is 0 Å². The number of nitrogens with zero attached hydrogens (tertiary/aromatic N) is 3. The largest absolute Gasteiger partial charge is 0.378 e. The summed E-state index contributed by atoms with van der Waals surface area (Å²) in [4.78, 5) is 11.8. The molecule has 2 heterocycles. The van der Waals surface area contributed by atoms with Gasteiger partial charge in [-0.15, -0.1) is 11.3 Å². The summed E-state index contributed by atoms with van der Waals surface area (Å²) in [5, 5.41) is 6.36. The molecule has 130 valence electrons. The zero-order valence-electron chi connectivity index (χ0n) is 14.4. The van der Waals surface area contributed by atoms with E-state index in [0.717, 1.165) is 38.5 Å². The SMILES string of the molecule is CN(C)c1ccc(Nc2ncnc3scc(-c4ccc(F)cc4)c23)cc1. The highest BCUT2D eigenvalue weighted by Gasteiger charge is 2.13. The normalized spacial score (nSPS) is 10.9. The van der Waals surface area contributed by atoms with Crippen LogP contribution in [0.3, 0.4) is 0 Å². The summed E-state index contributed by atoms with van der Waals surface area (Å²) in [6.45, 7) is 0. The van der Waals surface area contributed by atoms with E-state index in [1.54, 1.807) is 29.8 Å². The van der Waals surface area contributed by atoms with Crippen LogP contribution in [0.5, 0.6) is 0 Å². The van der Waals surface area contributed by atoms with Crippen molar-refractivity contribution in [3.63, 3.8) is 0 Å². The molecule has 0 aliphatic carbocycles. The number of halogens is 1. The Hall–Kier alpha value is -2.99. The first kappa shape index (κ1) is 16.5. The number of hydrogen-bond acceptors (Lipinski definition) is 5. The molecule has 4 rings (SSSR count). The fourth-order valence-electron chi connectivity index (χ4n) is 2.79. The van der Waals surface area contributed by atoms with E-state index in [9.17, 15) is 4.39 Å². The summed E-state index contributed by atoms with van der Waals surface area (Å²) in [6.07, 6.45) is 1.56. The van der Waals surface area contributed by atoms with Crippen molar-refractivity contribution < 1.29 is 4.39 Å². The van der Waals surface area contributed by atoms with Gasteiger partial charge < -0.3 is 10.2 Å². The van der Waals surface area contributed by atoms with Crippen LogP contribution in [0.25, 0.3) is 21.3 Å². The zero-order chi connectivity index (χ0) is 18.1. The molecule has 0 spiro atoms. The van der Waals surface area contributed by atoms with Crippen LogP contribution in [-0.2, 0) is 0 Å². The highest BCUT2D eigenvalue weighted by atomic mass is 32.1. The Bertz CT molecular complexity index is 1040. The summed E-state index contributed by atoms with van der Waals surface area (Å²) < 4.78 is 13.3. The Labute approximate surface area is 155 Å². The van der Waals surface area contributed by atoms with Crippen molar-refractivity contribution in [1.29, 1.82) is 0 Å². The monoisotopic (exact) mass is 364 g/mol. The molecule has 6 heteroatoms. The minimum absolute atomic E-state index is 0.246. The van der Waals surface area contributed by atoms with Crippen LogP contribution >= 0.6 is 11.3 Å². The van der Waals surface area contributed by atoms with E-state index in [4.69, 9.17) is 0 Å². The fourth-order valence-corrected chi connectivity index (χ4v) is 3.71. The lowest BCUT2D eigenvalue weighted by Gasteiger charge is -2.13. The predicted molar refractivity (Wildman–Crippen MR) is 107 cm³/mol. The zero-order valence-corrected chi connectivity index (χ0v) is 15.2. The molecule has 0 unspecified atom stereocenters. The van der Waals surface area contributed by atoms with Crippen LogP contribution in [-0.4, -0.2) is 24.1 Å². The molecule has 0 fully saturated rings. The quantitative estimate of drug-likeness (QED) is 0.533. The molecule has 0 saturated heterocycles. The molecule has 4 nitrogen and oxygen atoms in total. The molecule has 2 aromatic carbocycles. The van der Waals surface area contributed by atoms with Gasteiger partial charge in [0.15, 0.2) is 0 Å². The van der Waals surface area contributed by atoms with Crippen LogP contribution in [0.2, 0.25) is 0 Å². The van der Waals surface area contributed by atoms with Crippen molar-refractivity contribution >= 4 is 38.7 Å². The Morgan fingerprint density at radius 1 is 0.962 bits per heavy atom. The van der Waals surface area contributed by atoms with Crippen molar-refractivity contribution in [1.82, 2.24) is 9.97 Å². The lowest BCUT2D eigenvalue weighted by atomic mass is 10.1. The van der Waals surface area contributed by atoms with Gasteiger partial charge in [0.05, 0.1) is 5.39 Å². The molecule has 0 aliphatic heterocycles. The Balaban J connectivity index is 1.75. The number of fused-ring (bicyclic) bond motifs is 1. The van der Waals surface area contributed by atoms with Gasteiger partial charge in [-0.05, 0) is 42.0 Å². The molecular weight excluding hydrogens is 347 g/mol. The maximum Gasteiger partial charge on any atom is 0.143 e. The second kappa shape index (κ2) is 6.72. The smallest absolute Gasteiger partial charge is 0.143 e. The topological polar surface area (TPSA) is 41.0 Å². The second-order valence-corrected chi connectivity index (χ2v) is 6.98. The highest BCUT2D eigenvalue weighted by molar-refractivity contribution is 7.17. The highest BCUT2D eigenvalue weighted by Crippen LogP contribution is 2.37. The minimum Gasteiger partial charge on any atom is -0.378 e. The summed E-state index contributed by atoms with van der Waals surface area (Å²) in [7, 11) is 4.02. The Morgan fingerprint density at radius 2 is 1.69 bits per heavy atom. The summed E-state index contributed by atoms with van der Waals surface area (Å²) in [5.74, 6) is 0.497. The molecule has 0 atom stereocenters. The molecule has 26 heavy (non-hydrogen) atoms. The number of hydrogen-bond donors (Lipinski definition) is 1. The molecule has 0 bridgehead atoms. The van der Waals surface area contributed by atoms with Crippen molar-refractivity contribution in [2.24, 2.45) is 0 Å². The van der Waals surface area contributed by atoms with E-state index in [2.05, 4.69) is 32.3 Å². The van der Waals surface area contributed by atoms with E-state index in [1.807, 2.05) is 31.6 Å². The standard InChI is InChI=1S/C20H17FN4S/c1-25(2)16-9-7-15(8-10-16)24-19-18-17(11-26-20(18)23-12-22-19)13-3-5-14(21)6-4-13/h3-12H,1-2H3,(H,22,23,24). The number of rotatable bonds is 4. The van der Waals surface area contributed by atoms with Gasteiger partial charge in [-0.25, -0.2) is 14.4 Å². The first-order valence-electron chi connectivity index (χ1n) is 8.14. The fraction of sp³-hybridized carbons (Fsp3) is 0.100. The van der Waals surface area contributed by atoms with Gasteiger partial charge in [-0.1, -0.05) is 12.1 Å². The molecule has 0 aliphatic rings. The third-order valence-corrected chi connectivity index (χ3v) is 5.06. The number of nitrogens with one attached hydrogen (secondary N) is 1. The van der Waals surface area contributed by atoms with Crippen molar-refractivity contribution in [3.8, 4) is 11.1 Å². The molecule has 0 radical (unpaired) electrons. The summed E-state index contributed by atoms with van der Waals surface area (Å²) in [5.41, 5.74) is 4.02. The number of benzene rings is 2. The summed E-state index contributed by atoms with van der Waals surface area (Å²) in [6, 6.07) is 14.6. The average molecular weight is 364 g/mol. The van der Waals surface area contributed by atoms with Crippen LogP contribution in [0.15, 0.2) is 60.2 Å². The first-order chi connectivity index (χ1) is 12.6. The van der Waals surface area contributed by atoms with Crippen molar-refractivity contribution in [2.45, 2.75) is 0 Å². The first-order valence-corrected chi connectivity index (χ1v) is 9.02. The Kier molecular flexibility index (Phi) is 4.26. The van der Waals surface area contributed by atoms with Gasteiger partial charge in [0.25, 0.3) is 0 Å². The number of thiophene rings is 1. The number of anilines is 3. The van der Waals surface area contributed by atoms with Gasteiger partial charge in [0.2, 0.25) is 0 Å². The maximum absolute atomic E-state index is 13.3.